The second-order valence-corrected chi connectivity index (χ2v) is 10.7. The van der Waals surface area contributed by atoms with E-state index >= 15 is 0 Å². The van der Waals surface area contributed by atoms with Crippen molar-refractivity contribution in [1.29, 1.82) is 0 Å². The molecule has 0 N–H and O–H groups in total. The third kappa shape index (κ3) is 4.97. The van der Waals surface area contributed by atoms with Gasteiger partial charge in [0.05, 0.1) is 27.9 Å². The Labute approximate surface area is 270 Å². The molecular formula is C34H21N3O11. The average Bonchev–Trinajstić information content (AvgIpc) is 3.62. The Morgan fingerprint density at radius 3 is 1.98 bits per heavy atom. The third-order valence-corrected chi connectivity index (χ3v) is 7.62. The average molecular weight is 648 g/mol. The van der Waals surface area contributed by atoms with Gasteiger partial charge in [0.15, 0.2) is 5.60 Å². The van der Waals surface area contributed by atoms with Crippen LogP contribution in [0.2, 0.25) is 0 Å². The van der Waals surface area contributed by atoms with Crippen molar-refractivity contribution < 1.29 is 47.8 Å². The van der Waals surface area contributed by atoms with Gasteiger partial charge >= 0.3 is 23.9 Å². The van der Waals surface area contributed by atoms with Crippen molar-refractivity contribution in [3.05, 3.63) is 129 Å². The van der Waals surface area contributed by atoms with Gasteiger partial charge in [0.2, 0.25) is 5.88 Å². The number of hydrogen-bond donors (Lipinski definition) is 0. The molecule has 48 heavy (non-hydrogen) atoms. The molecule has 5 aromatic rings. The van der Waals surface area contributed by atoms with Crippen molar-refractivity contribution in [3.8, 4) is 34.6 Å². The Balaban J connectivity index is 1.27. The molecule has 2 aliphatic rings. The van der Waals surface area contributed by atoms with Crippen molar-refractivity contribution >= 4 is 29.6 Å². The first-order valence-corrected chi connectivity index (χ1v) is 14.3. The monoisotopic (exact) mass is 647 g/mol. The fraction of sp³-hybridized carbons (Fsp3) is 0.0882. The molecular weight excluding hydrogens is 626 g/mol. The topological polar surface area (TPSA) is 175 Å². The van der Waals surface area contributed by atoms with Gasteiger partial charge in [0.25, 0.3) is 5.69 Å². The van der Waals surface area contributed by atoms with E-state index in [1.165, 1.54) is 91.5 Å². The van der Waals surface area contributed by atoms with Crippen LogP contribution in [-0.4, -0.2) is 38.6 Å². The first-order valence-electron chi connectivity index (χ1n) is 14.3. The highest BCUT2D eigenvalue weighted by molar-refractivity contribution is 6.00. The molecule has 238 valence electrons. The van der Waals surface area contributed by atoms with Crippen molar-refractivity contribution in [2.45, 2.75) is 19.4 Å². The van der Waals surface area contributed by atoms with Crippen molar-refractivity contribution in [2.24, 2.45) is 0 Å². The minimum atomic E-state index is -1.55. The molecule has 4 aromatic carbocycles. The number of non-ortho nitro benzene ring substituents is 1. The Morgan fingerprint density at radius 2 is 1.40 bits per heavy atom. The number of carbonyl (C=O) groups excluding carboxylic acids is 4. The summed E-state index contributed by atoms with van der Waals surface area (Å²) >= 11 is 0. The molecule has 0 fully saturated rings. The Kier molecular flexibility index (Phi) is 6.97. The number of ether oxygens (including phenoxy) is 5. The molecule has 0 atom stereocenters. The number of hydrogen-bond acceptors (Lipinski definition) is 12. The molecule has 0 saturated carbocycles. The zero-order valence-electron chi connectivity index (χ0n) is 25.0. The van der Waals surface area contributed by atoms with E-state index in [1.54, 1.807) is 18.2 Å². The number of fused-ring (bicyclic) bond motifs is 6. The second-order valence-electron chi connectivity index (χ2n) is 10.7. The van der Waals surface area contributed by atoms with Crippen LogP contribution in [0.25, 0.3) is 5.69 Å². The maximum absolute atomic E-state index is 13.6. The largest absolute Gasteiger partial charge is 0.456 e. The normalized spacial score (nSPS) is 13.3. The van der Waals surface area contributed by atoms with Gasteiger partial charge in [0.1, 0.15) is 23.0 Å². The third-order valence-electron chi connectivity index (χ3n) is 7.62. The zero-order valence-corrected chi connectivity index (χ0v) is 25.0. The maximum Gasteiger partial charge on any atom is 0.344 e. The first-order chi connectivity index (χ1) is 23.0. The summed E-state index contributed by atoms with van der Waals surface area (Å²) in [6.45, 7) is 2.51. The number of benzene rings is 4. The number of aromatic nitrogens is 2. The van der Waals surface area contributed by atoms with E-state index in [-0.39, 0.29) is 45.7 Å². The molecule has 0 bridgehead atoms. The molecule has 0 saturated heterocycles. The molecule has 2 aliphatic heterocycles. The number of rotatable bonds is 6. The number of esters is 4. The highest BCUT2D eigenvalue weighted by Crippen LogP contribution is 2.57. The van der Waals surface area contributed by atoms with E-state index in [0.717, 1.165) is 0 Å². The van der Waals surface area contributed by atoms with E-state index in [9.17, 15) is 29.3 Å². The van der Waals surface area contributed by atoms with Gasteiger partial charge < -0.3 is 23.7 Å². The van der Waals surface area contributed by atoms with Crippen LogP contribution >= 0.6 is 0 Å². The summed E-state index contributed by atoms with van der Waals surface area (Å²) in [6.07, 6.45) is 1.40. The number of nitrogens with zero attached hydrogens (tertiary/aromatic N) is 3. The van der Waals surface area contributed by atoms with Gasteiger partial charge in [0, 0.05) is 60.9 Å². The van der Waals surface area contributed by atoms with Crippen LogP contribution in [0, 0.1) is 10.1 Å². The summed E-state index contributed by atoms with van der Waals surface area (Å²) in [5.74, 6) is -1.81. The molecule has 14 nitrogen and oxygen atoms in total. The smallest absolute Gasteiger partial charge is 0.344 e. The Bertz CT molecular complexity index is 2140. The number of nitro benzene ring substituents is 1. The van der Waals surface area contributed by atoms with Gasteiger partial charge in [-0.15, -0.1) is 0 Å². The summed E-state index contributed by atoms with van der Waals surface area (Å²) in [5.41, 5.74) is 0.0976. The molecule has 0 aliphatic carbocycles. The number of carbonyl (C=O) groups is 4. The lowest BCUT2D eigenvalue weighted by Crippen LogP contribution is -2.33. The Hall–Kier alpha value is -6.83. The minimum absolute atomic E-state index is 0.0297. The van der Waals surface area contributed by atoms with Crippen LogP contribution in [0.3, 0.4) is 0 Å². The van der Waals surface area contributed by atoms with E-state index in [1.807, 2.05) is 0 Å². The highest BCUT2D eigenvalue weighted by Gasteiger charge is 2.54. The molecule has 0 amide bonds. The zero-order chi connectivity index (χ0) is 33.7. The van der Waals surface area contributed by atoms with Gasteiger partial charge in [-0.3, -0.25) is 19.7 Å². The SMILES string of the molecule is CC(=O)Oc1ccc2c(c1)Oc1cc(OC(C)=O)ccc1C21OC(=O)c2cc(C(=O)Oc3ccnn3-c3ccc([N+](=O)[O-])cc3)ccc21. The Morgan fingerprint density at radius 1 is 0.792 bits per heavy atom. The van der Waals surface area contributed by atoms with Gasteiger partial charge in [-0.05, 0) is 48.5 Å². The van der Waals surface area contributed by atoms with E-state index in [2.05, 4.69) is 5.10 Å². The summed E-state index contributed by atoms with van der Waals surface area (Å²) in [6, 6.07) is 20.6. The molecule has 7 rings (SSSR count). The van der Waals surface area contributed by atoms with Gasteiger partial charge in [-0.1, -0.05) is 6.07 Å². The lowest BCUT2D eigenvalue weighted by molar-refractivity contribution is -0.384. The van der Waals surface area contributed by atoms with E-state index in [0.29, 0.717) is 22.4 Å². The van der Waals surface area contributed by atoms with Crippen LogP contribution < -0.4 is 18.9 Å². The van der Waals surface area contributed by atoms with Gasteiger partial charge in [-0.2, -0.15) is 5.10 Å². The van der Waals surface area contributed by atoms with Crippen LogP contribution in [0.1, 0.15) is 51.3 Å². The predicted molar refractivity (Wildman–Crippen MR) is 162 cm³/mol. The van der Waals surface area contributed by atoms with Crippen LogP contribution in [0.4, 0.5) is 5.69 Å². The summed E-state index contributed by atoms with van der Waals surface area (Å²) in [7, 11) is 0. The molecule has 3 heterocycles. The predicted octanol–water partition coefficient (Wildman–Crippen LogP) is 5.42. The second kappa shape index (κ2) is 11.2. The van der Waals surface area contributed by atoms with Crippen molar-refractivity contribution in [3.63, 3.8) is 0 Å². The van der Waals surface area contributed by atoms with Crippen molar-refractivity contribution in [1.82, 2.24) is 9.78 Å². The first kappa shape index (κ1) is 29.9. The standard InChI is InChI=1S/C34H21N3O11/c1-18(38)44-23-8-11-27-29(16-23)46-30-17-24(45-19(2)39)9-12-28(30)34(27)26-10-3-20(15-25(26)33(41)48-34)32(40)47-31-13-14-35-36(31)21-4-6-22(7-5-21)37(42)43/h3-17H,1-2H3. The van der Waals surface area contributed by atoms with Crippen LogP contribution in [0.15, 0.2) is 91.1 Å². The van der Waals surface area contributed by atoms with E-state index < -0.39 is 34.4 Å². The summed E-state index contributed by atoms with van der Waals surface area (Å²) in [4.78, 5) is 60.7. The van der Waals surface area contributed by atoms with Crippen LogP contribution in [-0.2, 0) is 19.9 Å². The summed E-state index contributed by atoms with van der Waals surface area (Å²) in [5, 5.41) is 15.2. The quantitative estimate of drug-likeness (QED) is 0.0992. The van der Waals surface area contributed by atoms with Crippen LogP contribution in [0.5, 0.6) is 28.9 Å². The molecule has 1 spiro atoms. The lowest BCUT2D eigenvalue weighted by Gasteiger charge is -2.36. The highest BCUT2D eigenvalue weighted by atomic mass is 16.6. The molecule has 0 radical (unpaired) electrons. The minimum Gasteiger partial charge on any atom is -0.456 e. The maximum atomic E-state index is 13.6. The molecule has 14 heteroatoms. The lowest BCUT2D eigenvalue weighted by atomic mass is 9.77. The fourth-order valence-corrected chi connectivity index (χ4v) is 5.71. The van der Waals surface area contributed by atoms with Gasteiger partial charge in [-0.25, -0.2) is 14.3 Å². The van der Waals surface area contributed by atoms with Crippen molar-refractivity contribution in [2.75, 3.05) is 0 Å². The fourth-order valence-electron chi connectivity index (χ4n) is 5.71. The molecule has 0 unspecified atom stereocenters. The van der Waals surface area contributed by atoms with E-state index in [4.69, 9.17) is 23.7 Å². The number of nitro groups is 1. The summed E-state index contributed by atoms with van der Waals surface area (Å²) < 4.78 is 29.7. The molecule has 1 aromatic heterocycles.